The minimum atomic E-state index is 0.274. The van der Waals surface area contributed by atoms with E-state index in [-0.39, 0.29) is 6.04 Å². The van der Waals surface area contributed by atoms with E-state index in [4.69, 9.17) is 10.6 Å². The van der Waals surface area contributed by atoms with Crippen LogP contribution in [0.15, 0.2) is 24.3 Å². The van der Waals surface area contributed by atoms with Gasteiger partial charge in [0.05, 0.1) is 6.61 Å². The zero-order chi connectivity index (χ0) is 24.9. The molecule has 8 unspecified atom stereocenters. The zero-order valence-corrected chi connectivity index (χ0v) is 23.5. The van der Waals surface area contributed by atoms with E-state index in [1.54, 1.807) is 5.57 Å². The third-order valence-corrected chi connectivity index (χ3v) is 10.8. The van der Waals surface area contributed by atoms with Crippen LogP contribution < -0.4 is 5.73 Å². The first-order valence-corrected chi connectivity index (χ1v) is 14.7. The van der Waals surface area contributed by atoms with Crippen molar-refractivity contribution in [2.75, 3.05) is 13.7 Å². The summed E-state index contributed by atoms with van der Waals surface area (Å²) in [5.41, 5.74) is 8.78. The minimum absolute atomic E-state index is 0.274. The maximum absolute atomic E-state index is 6.28. The van der Waals surface area contributed by atoms with E-state index < -0.39 is 0 Å². The van der Waals surface area contributed by atoms with Crippen molar-refractivity contribution in [1.82, 2.24) is 5.06 Å². The average molecular weight is 473 g/mol. The van der Waals surface area contributed by atoms with Gasteiger partial charge in [0.25, 0.3) is 0 Å². The summed E-state index contributed by atoms with van der Waals surface area (Å²) in [6.07, 6.45) is 19.7. The Morgan fingerprint density at radius 1 is 1.12 bits per heavy atom. The highest BCUT2D eigenvalue weighted by Crippen LogP contribution is 2.66. The second-order valence-corrected chi connectivity index (χ2v) is 12.5. The maximum Gasteiger partial charge on any atom is 0.0699 e. The first-order valence-electron chi connectivity index (χ1n) is 14.7. The molecule has 196 valence electrons. The summed E-state index contributed by atoms with van der Waals surface area (Å²) < 4.78 is 0. The zero-order valence-electron chi connectivity index (χ0n) is 23.5. The van der Waals surface area contributed by atoms with Gasteiger partial charge in [-0.1, -0.05) is 71.3 Å². The van der Waals surface area contributed by atoms with Gasteiger partial charge in [0.1, 0.15) is 0 Å². The molecule has 0 saturated heterocycles. The van der Waals surface area contributed by atoms with E-state index in [1.165, 1.54) is 64.2 Å². The third kappa shape index (κ3) is 5.52. The number of hydrogen-bond donors (Lipinski definition) is 1. The number of rotatable bonds is 12. The first-order chi connectivity index (χ1) is 16.2. The van der Waals surface area contributed by atoms with Crippen LogP contribution in [0.1, 0.15) is 112 Å². The summed E-state index contributed by atoms with van der Waals surface area (Å²) in [5, 5.41) is 2.18. The fourth-order valence-electron chi connectivity index (χ4n) is 8.77. The van der Waals surface area contributed by atoms with Crippen molar-refractivity contribution in [3.05, 3.63) is 24.3 Å². The van der Waals surface area contributed by atoms with Gasteiger partial charge in [0, 0.05) is 19.1 Å². The molecule has 0 radical (unpaired) electrons. The van der Waals surface area contributed by atoms with E-state index >= 15 is 0 Å². The fraction of sp³-hybridized carbons (Fsp3) is 0.871. The molecular weight excluding hydrogens is 416 g/mol. The first kappa shape index (κ1) is 27.9. The van der Waals surface area contributed by atoms with Gasteiger partial charge in [0.2, 0.25) is 0 Å². The number of nitrogens with zero attached hydrogens (tertiary/aromatic N) is 1. The molecule has 3 aliphatic carbocycles. The second kappa shape index (κ2) is 12.1. The van der Waals surface area contributed by atoms with Crippen LogP contribution in [0.2, 0.25) is 0 Å². The summed E-state index contributed by atoms with van der Waals surface area (Å²) in [6.45, 7) is 17.0. The molecule has 3 fully saturated rings. The number of hydroxylamine groups is 2. The van der Waals surface area contributed by atoms with Crippen molar-refractivity contribution in [1.29, 1.82) is 0 Å². The normalized spacial score (nSPS) is 38.5. The molecule has 3 nitrogen and oxygen atoms in total. The molecule has 0 aromatic carbocycles. The largest absolute Gasteiger partial charge is 0.328 e. The van der Waals surface area contributed by atoms with Gasteiger partial charge >= 0.3 is 0 Å². The Bertz CT molecular complexity index is 689. The summed E-state index contributed by atoms with van der Waals surface area (Å²) in [5.74, 6) is 3.33. The predicted octanol–water partition coefficient (Wildman–Crippen LogP) is 7.92. The number of allylic oxidation sites excluding steroid dienone is 3. The molecule has 8 atom stereocenters. The second-order valence-electron chi connectivity index (χ2n) is 12.5. The third-order valence-electron chi connectivity index (χ3n) is 10.8. The Kier molecular flexibility index (Phi) is 9.91. The highest BCUT2D eigenvalue weighted by atomic mass is 16.7. The van der Waals surface area contributed by atoms with E-state index in [1.807, 2.05) is 6.08 Å². The maximum atomic E-state index is 6.28. The summed E-state index contributed by atoms with van der Waals surface area (Å²) in [6, 6.07) is 0.733. The Morgan fingerprint density at radius 3 is 2.56 bits per heavy atom. The van der Waals surface area contributed by atoms with Crippen LogP contribution in [0, 0.1) is 34.5 Å². The van der Waals surface area contributed by atoms with Crippen LogP contribution >= 0.6 is 0 Å². The Hall–Kier alpha value is -0.640. The van der Waals surface area contributed by atoms with Crippen molar-refractivity contribution in [2.24, 2.45) is 40.2 Å². The van der Waals surface area contributed by atoms with Crippen LogP contribution in [-0.4, -0.2) is 30.8 Å². The van der Waals surface area contributed by atoms with E-state index in [0.29, 0.717) is 16.9 Å². The highest BCUT2D eigenvalue weighted by Gasteiger charge is 2.59. The molecule has 3 saturated carbocycles. The van der Waals surface area contributed by atoms with Gasteiger partial charge in [-0.15, -0.1) is 0 Å². The van der Waals surface area contributed by atoms with Crippen LogP contribution in [-0.2, 0) is 4.84 Å². The lowest BCUT2D eigenvalue weighted by molar-refractivity contribution is -0.188. The Morgan fingerprint density at radius 2 is 1.88 bits per heavy atom. The van der Waals surface area contributed by atoms with Crippen LogP contribution in [0.3, 0.4) is 0 Å². The van der Waals surface area contributed by atoms with E-state index in [2.05, 4.69) is 59.4 Å². The molecular formula is C31H56N2O. The van der Waals surface area contributed by atoms with Gasteiger partial charge < -0.3 is 5.73 Å². The van der Waals surface area contributed by atoms with Crippen molar-refractivity contribution in [2.45, 2.75) is 124 Å². The predicted molar refractivity (Wildman–Crippen MR) is 146 cm³/mol. The van der Waals surface area contributed by atoms with Crippen molar-refractivity contribution in [3.63, 3.8) is 0 Å². The van der Waals surface area contributed by atoms with Gasteiger partial charge in [-0.25, -0.2) is 0 Å². The minimum Gasteiger partial charge on any atom is -0.328 e. The molecule has 0 aliphatic heterocycles. The van der Waals surface area contributed by atoms with Gasteiger partial charge in [-0.2, -0.15) is 5.06 Å². The van der Waals surface area contributed by atoms with Crippen molar-refractivity contribution >= 4 is 0 Å². The lowest BCUT2D eigenvalue weighted by Gasteiger charge is -2.58. The Labute approximate surface area is 211 Å². The number of unbranched alkanes of at least 4 members (excludes halogenated alkanes) is 1. The van der Waals surface area contributed by atoms with Gasteiger partial charge in [-0.3, -0.25) is 4.84 Å². The van der Waals surface area contributed by atoms with Crippen LogP contribution in [0.4, 0.5) is 0 Å². The monoisotopic (exact) mass is 472 g/mol. The number of nitrogens with two attached hydrogens (primary N) is 1. The molecule has 3 rings (SSSR count). The van der Waals surface area contributed by atoms with Crippen molar-refractivity contribution in [3.8, 4) is 0 Å². The number of hydrogen-bond acceptors (Lipinski definition) is 3. The summed E-state index contributed by atoms with van der Waals surface area (Å²) in [7, 11) is 2.16. The molecule has 0 spiro atoms. The molecule has 34 heavy (non-hydrogen) atoms. The fourth-order valence-corrected chi connectivity index (χ4v) is 8.77. The molecule has 0 aromatic heterocycles. The standard InChI is InChI=1S/C31H56N2O/c1-8-11-13-25(32)19-22-34-33(7)23(4)27-16-17-28-26-15-14-24(12-9-2)30(5,20-10-3)29(26)18-21-31(27,28)6/h9,12,23,25-29H,2,8,10-11,13-22,32H2,1,3-7H3/b24-12-. The molecule has 3 heteroatoms. The van der Waals surface area contributed by atoms with Gasteiger partial charge in [-0.05, 0) is 99.2 Å². The molecule has 3 aliphatic rings. The van der Waals surface area contributed by atoms with E-state index in [9.17, 15) is 0 Å². The smallest absolute Gasteiger partial charge is 0.0699 e. The highest BCUT2D eigenvalue weighted by molar-refractivity contribution is 5.25. The summed E-state index contributed by atoms with van der Waals surface area (Å²) >= 11 is 0. The molecule has 0 bridgehead atoms. The Balaban J connectivity index is 1.66. The molecule has 0 heterocycles. The lowest BCUT2D eigenvalue weighted by Crippen LogP contribution is -2.52. The van der Waals surface area contributed by atoms with Gasteiger partial charge in [0.15, 0.2) is 0 Å². The molecule has 0 aromatic rings. The number of fused-ring (bicyclic) bond motifs is 3. The van der Waals surface area contributed by atoms with Crippen LogP contribution in [0.25, 0.3) is 0 Å². The molecule has 2 N–H and O–H groups in total. The quantitative estimate of drug-likeness (QED) is 0.293. The molecule has 0 amide bonds. The topological polar surface area (TPSA) is 38.5 Å². The average Bonchev–Trinajstić information content (AvgIpc) is 3.16. The van der Waals surface area contributed by atoms with Crippen molar-refractivity contribution < 1.29 is 4.84 Å². The summed E-state index contributed by atoms with van der Waals surface area (Å²) in [4.78, 5) is 6.24. The van der Waals surface area contributed by atoms with E-state index in [0.717, 1.165) is 43.1 Å². The SMILES string of the molecule is C=C/C=C1/CCC2C(CCC3(C)C2CCC3C(C)N(C)OCCC(N)CCCC)C1(C)CCC. The lowest BCUT2D eigenvalue weighted by atomic mass is 9.47. The van der Waals surface area contributed by atoms with Crippen LogP contribution in [0.5, 0.6) is 0 Å².